The number of rotatable bonds is 9. The van der Waals surface area contributed by atoms with Crippen LogP contribution in [-0.2, 0) is 23.9 Å². The molecule has 0 aliphatic heterocycles. The van der Waals surface area contributed by atoms with Crippen LogP contribution in [0.2, 0.25) is 0 Å². The van der Waals surface area contributed by atoms with Gasteiger partial charge in [0.15, 0.2) is 5.78 Å². The molecular weight excluding hydrogens is 288 g/mol. The lowest BCUT2D eigenvalue weighted by molar-refractivity contribution is -0.149. The average Bonchev–Trinajstić information content (AvgIpc) is 2.24. The highest BCUT2D eigenvalue weighted by molar-refractivity contribution is 7.81. The van der Waals surface area contributed by atoms with Crippen LogP contribution in [0.5, 0.6) is 0 Å². The summed E-state index contributed by atoms with van der Waals surface area (Å²) in [4.78, 5) is 33.6. The minimum atomic E-state index is -0.461. The Labute approximate surface area is 124 Å². The van der Waals surface area contributed by atoms with Crippen molar-refractivity contribution in [3.8, 4) is 0 Å². The Morgan fingerprint density at radius 2 is 1.42 bits per heavy atom. The van der Waals surface area contributed by atoms with Gasteiger partial charge >= 0.3 is 11.9 Å². The summed E-state index contributed by atoms with van der Waals surface area (Å²) < 4.78 is 9.58. The van der Waals surface area contributed by atoms with Gasteiger partial charge in [0.2, 0.25) is 0 Å². The molecule has 0 aromatic carbocycles. The summed E-state index contributed by atoms with van der Waals surface area (Å²) in [5, 5.41) is -0.181. The van der Waals surface area contributed by atoms with Gasteiger partial charge in [-0.15, -0.1) is 0 Å². The van der Waals surface area contributed by atoms with Crippen molar-refractivity contribution in [1.82, 2.24) is 0 Å². The van der Waals surface area contributed by atoms with Crippen LogP contribution in [0.1, 0.15) is 33.1 Å². The van der Waals surface area contributed by atoms with Crippen LogP contribution >= 0.6 is 25.3 Å². The second-order valence-electron chi connectivity index (χ2n) is 4.28. The number of ether oxygens (including phenoxy) is 2. The third-order valence-electron chi connectivity index (χ3n) is 1.96. The normalized spacial score (nSPS) is 13.5. The van der Waals surface area contributed by atoms with Crippen molar-refractivity contribution < 1.29 is 23.9 Å². The lowest BCUT2D eigenvalue weighted by Crippen LogP contribution is -2.18. The highest BCUT2D eigenvalue weighted by atomic mass is 32.1. The second kappa shape index (κ2) is 10.1. The van der Waals surface area contributed by atoms with E-state index in [0.717, 1.165) is 0 Å². The molecule has 19 heavy (non-hydrogen) atoms. The van der Waals surface area contributed by atoms with E-state index in [1.54, 1.807) is 13.8 Å². The van der Waals surface area contributed by atoms with Gasteiger partial charge in [-0.3, -0.25) is 14.4 Å². The molecule has 0 radical (unpaired) electrons. The van der Waals surface area contributed by atoms with E-state index in [0.29, 0.717) is 0 Å². The van der Waals surface area contributed by atoms with Crippen molar-refractivity contribution in [1.29, 1.82) is 0 Å². The Hall–Kier alpha value is -0.690. The SMILES string of the molecule is CC(S)CC(=O)OCCC(=O)COC(=O)CC(C)S. The van der Waals surface area contributed by atoms with Crippen LogP contribution in [-0.4, -0.2) is 41.4 Å². The van der Waals surface area contributed by atoms with Gasteiger partial charge in [0.1, 0.15) is 6.61 Å². The number of carbonyl (C=O) groups is 3. The lowest BCUT2D eigenvalue weighted by Gasteiger charge is -2.07. The number of hydrogen-bond acceptors (Lipinski definition) is 7. The van der Waals surface area contributed by atoms with Gasteiger partial charge < -0.3 is 9.47 Å². The quantitative estimate of drug-likeness (QED) is 0.498. The van der Waals surface area contributed by atoms with E-state index in [4.69, 9.17) is 9.47 Å². The van der Waals surface area contributed by atoms with E-state index in [9.17, 15) is 14.4 Å². The zero-order chi connectivity index (χ0) is 14.8. The maximum Gasteiger partial charge on any atom is 0.307 e. The van der Waals surface area contributed by atoms with E-state index in [-0.39, 0.29) is 48.8 Å². The smallest absolute Gasteiger partial charge is 0.307 e. The third-order valence-corrected chi connectivity index (χ3v) is 2.33. The fourth-order valence-electron chi connectivity index (χ4n) is 1.11. The molecule has 0 aromatic heterocycles. The number of ketones is 1. The molecule has 0 heterocycles. The van der Waals surface area contributed by atoms with Gasteiger partial charge in [-0.05, 0) is 0 Å². The molecule has 2 atom stereocenters. The first-order valence-corrected chi connectivity index (χ1v) is 7.03. The van der Waals surface area contributed by atoms with Crippen LogP contribution in [0.3, 0.4) is 0 Å². The molecule has 0 rings (SSSR count). The molecule has 5 nitrogen and oxygen atoms in total. The monoisotopic (exact) mass is 308 g/mol. The molecule has 0 amide bonds. The molecular formula is C12H20O5S2. The van der Waals surface area contributed by atoms with Crippen LogP contribution in [0.25, 0.3) is 0 Å². The summed E-state index contributed by atoms with van der Waals surface area (Å²) in [5.41, 5.74) is 0. The Balaban J connectivity index is 3.65. The van der Waals surface area contributed by atoms with Crippen molar-refractivity contribution in [2.24, 2.45) is 0 Å². The molecule has 0 saturated carbocycles. The van der Waals surface area contributed by atoms with Crippen LogP contribution in [0.15, 0.2) is 0 Å². The van der Waals surface area contributed by atoms with Gasteiger partial charge in [-0.2, -0.15) is 25.3 Å². The minimum Gasteiger partial charge on any atom is -0.465 e. The van der Waals surface area contributed by atoms with Crippen molar-refractivity contribution in [2.45, 2.75) is 43.6 Å². The highest BCUT2D eigenvalue weighted by Crippen LogP contribution is 2.02. The van der Waals surface area contributed by atoms with E-state index >= 15 is 0 Å². The summed E-state index contributed by atoms with van der Waals surface area (Å²) in [6, 6.07) is 0. The topological polar surface area (TPSA) is 69.7 Å². The minimum absolute atomic E-state index is 0.00130. The Morgan fingerprint density at radius 3 is 1.89 bits per heavy atom. The fraction of sp³-hybridized carbons (Fsp3) is 0.750. The Kier molecular flexibility index (Phi) is 9.77. The van der Waals surface area contributed by atoms with Crippen molar-refractivity contribution >= 4 is 43.0 Å². The zero-order valence-corrected chi connectivity index (χ0v) is 12.9. The first-order chi connectivity index (χ1) is 8.81. The molecule has 0 N–H and O–H groups in total. The molecule has 0 saturated heterocycles. The number of Topliss-reactive ketones (excluding diaryl/α,β-unsaturated/α-hetero) is 1. The molecule has 0 aromatic rings. The first-order valence-electron chi connectivity index (χ1n) is 6.00. The van der Waals surface area contributed by atoms with Crippen LogP contribution in [0.4, 0.5) is 0 Å². The highest BCUT2D eigenvalue weighted by Gasteiger charge is 2.11. The molecule has 0 spiro atoms. The lowest BCUT2D eigenvalue weighted by atomic mass is 10.3. The maximum absolute atomic E-state index is 11.3. The molecule has 2 unspecified atom stereocenters. The van der Waals surface area contributed by atoms with Gasteiger partial charge in [0.25, 0.3) is 0 Å². The predicted molar refractivity (Wildman–Crippen MR) is 77.7 cm³/mol. The number of thiol groups is 2. The Morgan fingerprint density at radius 1 is 0.947 bits per heavy atom. The number of esters is 2. The molecule has 0 bridgehead atoms. The second-order valence-corrected chi connectivity index (χ2v) is 6.04. The van der Waals surface area contributed by atoms with Gasteiger partial charge in [-0.1, -0.05) is 13.8 Å². The molecule has 0 fully saturated rings. The Bertz CT molecular complexity index is 315. The first kappa shape index (κ1) is 18.3. The van der Waals surface area contributed by atoms with E-state index in [1.165, 1.54) is 0 Å². The fourth-order valence-corrected chi connectivity index (χ4v) is 1.41. The number of hydrogen-bond donors (Lipinski definition) is 2. The molecule has 7 heteroatoms. The van der Waals surface area contributed by atoms with E-state index < -0.39 is 11.9 Å². The average molecular weight is 308 g/mol. The van der Waals surface area contributed by atoms with E-state index in [1.807, 2.05) is 0 Å². The van der Waals surface area contributed by atoms with Crippen molar-refractivity contribution in [2.75, 3.05) is 13.2 Å². The maximum atomic E-state index is 11.3. The molecule has 0 aliphatic carbocycles. The zero-order valence-electron chi connectivity index (χ0n) is 11.1. The van der Waals surface area contributed by atoms with Crippen molar-refractivity contribution in [3.05, 3.63) is 0 Å². The summed E-state index contributed by atoms with van der Waals surface area (Å²) in [6.07, 6.45) is 0.397. The summed E-state index contributed by atoms with van der Waals surface area (Å²) >= 11 is 8.09. The van der Waals surface area contributed by atoms with Crippen LogP contribution < -0.4 is 0 Å². The number of carbonyl (C=O) groups excluding carboxylic acids is 3. The summed E-state index contributed by atoms with van der Waals surface area (Å²) in [5.74, 6) is -1.14. The predicted octanol–water partition coefficient (Wildman–Crippen LogP) is 1.45. The molecule has 0 aliphatic rings. The summed E-state index contributed by atoms with van der Waals surface area (Å²) in [6.45, 7) is 3.24. The largest absolute Gasteiger partial charge is 0.465 e. The van der Waals surface area contributed by atoms with E-state index in [2.05, 4.69) is 25.3 Å². The van der Waals surface area contributed by atoms with Gasteiger partial charge in [0, 0.05) is 16.9 Å². The van der Waals surface area contributed by atoms with Gasteiger partial charge in [0.05, 0.1) is 19.4 Å². The van der Waals surface area contributed by atoms with Crippen LogP contribution in [0, 0.1) is 0 Å². The van der Waals surface area contributed by atoms with Crippen molar-refractivity contribution in [3.63, 3.8) is 0 Å². The van der Waals surface area contributed by atoms with Gasteiger partial charge in [-0.25, -0.2) is 0 Å². The summed E-state index contributed by atoms with van der Waals surface area (Å²) in [7, 11) is 0. The standard InChI is InChI=1S/C12H20O5S2/c1-8(18)5-11(14)16-4-3-10(13)7-17-12(15)6-9(2)19/h8-9,18-19H,3-7H2,1-2H3. The third kappa shape index (κ3) is 12.1. The molecule has 110 valence electrons.